The van der Waals surface area contributed by atoms with Gasteiger partial charge in [-0.3, -0.25) is 4.79 Å². The number of hydrogen-bond donors (Lipinski definition) is 2. The van der Waals surface area contributed by atoms with Crippen LogP contribution in [0.15, 0.2) is 0 Å². The third-order valence-corrected chi connectivity index (χ3v) is 2.54. The summed E-state index contributed by atoms with van der Waals surface area (Å²) in [4.78, 5) is 11.4. The number of carbonyl (C=O) groups excluding carboxylic acids is 1. The Morgan fingerprint density at radius 3 is 2.75 bits per heavy atom. The molecule has 0 fully saturated rings. The van der Waals surface area contributed by atoms with Crippen LogP contribution in [0, 0.1) is 6.92 Å². The minimum Gasteiger partial charge on any atom is -0.380 e. The molecule has 0 spiro atoms. The van der Waals surface area contributed by atoms with Gasteiger partial charge in [0.2, 0.25) is 11.0 Å². The summed E-state index contributed by atoms with van der Waals surface area (Å²) in [5.74, 6) is -0.163. The minimum atomic E-state index is -0.251. The number of aromatic nitrogens is 2. The number of carbonyl (C=O) groups is 1. The number of nitrogens with one attached hydrogen (secondary N) is 1. The molecule has 1 rings (SSSR count). The Labute approximate surface area is 104 Å². The van der Waals surface area contributed by atoms with Crippen LogP contribution < -0.4 is 11.1 Å². The molecular formula is C8H15ClN4O2S. The molecule has 0 saturated heterocycles. The molecule has 92 valence electrons. The van der Waals surface area contributed by atoms with Crippen molar-refractivity contribution < 1.29 is 9.53 Å². The van der Waals surface area contributed by atoms with E-state index < -0.39 is 0 Å². The van der Waals surface area contributed by atoms with Crippen LogP contribution in [-0.4, -0.2) is 35.9 Å². The SMILES string of the molecule is COC(CN)CC(=O)Nc1nnc(C)s1.Cl. The van der Waals surface area contributed by atoms with Gasteiger partial charge in [0, 0.05) is 13.7 Å². The van der Waals surface area contributed by atoms with E-state index in [2.05, 4.69) is 15.5 Å². The van der Waals surface area contributed by atoms with Crippen LogP contribution in [0.2, 0.25) is 0 Å². The van der Waals surface area contributed by atoms with Crippen molar-refractivity contribution in [2.45, 2.75) is 19.4 Å². The van der Waals surface area contributed by atoms with Crippen molar-refractivity contribution in [1.82, 2.24) is 10.2 Å². The fraction of sp³-hybridized carbons (Fsp3) is 0.625. The summed E-state index contributed by atoms with van der Waals surface area (Å²) in [6, 6.07) is 0. The second-order valence-corrected chi connectivity index (χ2v) is 4.15. The van der Waals surface area contributed by atoms with Crippen LogP contribution in [0.1, 0.15) is 11.4 Å². The highest BCUT2D eigenvalue weighted by Crippen LogP contribution is 2.14. The van der Waals surface area contributed by atoms with Crippen LogP contribution in [0.5, 0.6) is 0 Å². The second-order valence-electron chi connectivity index (χ2n) is 2.97. The molecule has 1 unspecified atom stereocenters. The van der Waals surface area contributed by atoms with Crippen LogP contribution in [-0.2, 0) is 9.53 Å². The van der Waals surface area contributed by atoms with Gasteiger partial charge in [-0.05, 0) is 6.92 Å². The second kappa shape index (κ2) is 7.50. The quantitative estimate of drug-likeness (QED) is 0.813. The number of aryl methyl sites for hydroxylation is 1. The average Bonchev–Trinajstić information content (AvgIpc) is 2.60. The predicted octanol–water partition coefficient (Wildman–Crippen LogP) is 0.571. The fourth-order valence-electron chi connectivity index (χ4n) is 0.987. The normalized spacial score (nSPS) is 11.7. The first-order chi connectivity index (χ1) is 7.15. The molecule has 0 aliphatic rings. The van der Waals surface area contributed by atoms with Crippen molar-refractivity contribution in [2.24, 2.45) is 5.73 Å². The van der Waals surface area contributed by atoms with Crippen LogP contribution in [0.4, 0.5) is 5.13 Å². The van der Waals surface area contributed by atoms with Crippen LogP contribution in [0.25, 0.3) is 0 Å². The zero-order valence-electron chi connectivity index (χ0n) is 9.10. The Balaban J connectivity index is 0.00000225. The number of anilines is 1. The van der Waals surface area contributed by atoms with E-state index in [0.29, 0.717) is 11.7 Å². The minimum absolute atomic E-state index is 0. The Morgan fingerprint density at radius 2 is 2.31 bits per heavy atom. The first-order valence-corrected chi connectivity index (χ1v) is 5.30. The van der Waals surface area contributed by atoms with E-state index in [-0.39, 0.29) is 30.8 Å². The molecule has 16 heavy (non-hydrogen) atoms. The largest absolute Gasteiger partial charge is 0.380 e. The molecule has 0 aliphatic heterocycles. The lowest BCUT2D eigenvalue weighted by Crippen LogP contribution is -2.28. The van der Waals surface area contributed by atoms with E-state index >= 15 is 0 Å². The lowest BCUT2D eigenvalue weighted by atomic mass is 10.2. The maximum absolute atomic E-state index is 11.4. The summed E-state index contributed by atoms with van der Waals surface area (Å²) in [5, 5.41) is 11.5. The highest BCUT2D eigenvalue weighted by Gasteiger charge is 2.12. The molecule has 0 aliphatic carbocycles. The zero-order chi connectivity index (χ0) is 11.3. The maximum Gasteiger partial charge on any atom is 0.228 e. The molecule has 0 aromatic carbocycles. The Hall–Kier alpha value is -0.760. The molecule has 0 radical (unpaired) electrons. The van der Waals surface area contributed by atoms with E-state index in [1.54, 1.807) is 0 Å². The number of methoxy groups -OCH3 is 1. The standard InChI is InChI=1S/C8H14N4O2S.ClH/c1-5-11-12-8(15-5)10-7(13)3-6(4-9)14-2;/h6H,3-4,9H2,1-2H3,(H,10,12,13);1H. The number of nitrogens with two attached hydrogens (primary N) is 1. The number of rotatable bonds is 5. The van der Waals surface area contributed by atoms with Crippen molar-refractivity contribution in [3.63, 3.8) is 0 Å². The van der Waals surface area contributed by atoms with Gasteiger partial charge in [-0.2, -0.15) is 0 Å². The highest BCUT2D eigenvalue weighted by molar-refractivity contribution is 7.15. The molecular weight excluding hydrogens is 252 g/mol. The Bertz CT molecular complexity index is 330. The smallest absolute Gasteiger partial charge is 0.228 e. The van der Waals surface area contributed by atoms with Gasteiger partial charge in [0.1, 0.15) is 5.01 Å². The fourth-order valence-corrected chi connectivity index (χ4v) is 1.60. The lowest BCUT2D eigenvalue weighted by Gasteiger charge is -2.11. The van der Waals surface area contributed by atoms with Gasteiger partial charge in [-0.25, -0.2) is 0 Å². The topological polar surface area (TPSA) is 90.1 Å². The lowest BCUT2D eigenvalue weighted by molar-refractivity contribution is -0.118. The van der Waals surface area contributed by atoms with Crippen molar-refractivity contribution in [2.75, 3.05) is 19.0 Å². The van der Waals surface area contributed by atoms with Crippen molar-refractivity contribution in [3.05, 3.63) is 5.01 Å². The monoisotopic (exact) mass is 266 g/mol. The molecule has 0 bridgehead atoms. The summed E-state index contributed by atoms with van der Waals surface area (Å²) in [6.07, 6.45) is -0.0231. The number of nitrogens with zero attached hydrogens (tertiary/aromatic N) is 2. The number of ether oxygens (including phenoxy) is 1. The first-order valence-electron chi connectivity index (χ1n) is 4.48. The number of halogens is 1. The molecule has 1 heterocycles. The van der Waals surface area contributed by atoms with Gasteiger partial charge in [-0.1, -0.05) is 11.3 Å². The van der Waals surface area contributed by atoms with Gasteiger partial charge in [0.15, 0.2) is 0 Å². The van der Waals surface area contributed by atoms with Crippen molar-refractivity contribution in [1.29, 1.82) is 0 Å². The first kappa shape index (κ1) is 15.2. The third kappa shape index (κ3) is 4.84. The summed E-state index contributed by atoms with van der Waals surface area (Å²) < 4.78 is 4.99. The summed E-state index contributed by atoms with van der Waals surface area (Å²) in [5.41, 5.74) is 5.40. The van der Waals surface area contributed by atoms with Crippen molar-refractivity contribution in [3.8, 4) is 0 Å². The Morgan fingerprint density at radius 1 is 1.62 bits per heavy atom. The summed E-state index contributed by atoms with van der Waals surface area (Å²) in [6.45, 7) is 2.14. The zero-order valence-corrected chi connectivity index (χ0v) is 10.7. The van der Waals surface area contributed by atoms with Crippen LogP contribution >= 0.6 is 23.7 Å². The van der Waals surface area contributed by atoms with E-state index in [9.17, 15) is 4.79 Å². The number of hydrogen-bond acceptors (Lipinski definition) is 6. The molecule has 1 amide bonds. The van der Waals surface area contributed by atoms with Crippen LogP contribution in [0.3, 0.4) is 0 Å². The summed E-state index contributed by atoms with van der Waals surface area (Å²) >= 11 is 1.33. The molecule has 1 aromatic rings. The van der Waals surface area contributed by atoms with Crippen molar-refractivity contribution >= 4 is 34.8 Å². The van der Waals surface area contributed by atoms with Gasteiger partial charge in [-0.15, -0.1) is 22.6 Å². The van der Waals surface area contributed by atoms with E-state index in [0.717, 1.165) is 5.01 Å². The van der Waals surface area contributed by atoms with Gasteiger partial charge in [0.25, 0.3) is 0 Å². The average molecular weight is 267 g/mol. The van der Waals surface area contributed by atoms with Gasteiger partial charge < -0.3 is 15.8 Å². The number of amides is 1. The third-order valence-electron chi connectivity index (χ3n) is 1.78. The summed E-state index contributed by atoms with van der Waals surface area (Å²) in [7, 11) is 1.53. The van der Waals surface area contributed by atoms with E-state index in [1.165, 1.54) is 18.4 Å². The maximum atomic E-state index is 11.4. The Kier molecular flexibility index (Phi) is 7.15. The molecule has 1 aromatic heterocycles. The van der Waals surface area contributed by atoms with Gasteiger partial charge in [0.05, 0.1) is 12.5 Å². The molecule has 0 saturated carbocycles. The predicted molar refractivity (Wildman–Crippen MR) is 65.0 cm³/mol. The molecule has 3 N–H and O–H groups in total. The van der Waals surface area contributed by atoms with Gasteiger partial charge >= 0.3 is 0 Å². The van der Waals surface area contributed by atoms with E-state index in [1.807, 2.05) is 6.92 Å². The molecule has 6 nitrogen and oxygen atoms in total. The van der Waals surface area contributed by atoms with E-state index in [4.69, 9.17) is 10.5 Å². The molecule has 1 atom stereocenters. The molecule has 8 heteroatoms. The highest BCUT2D eigenvalue weighted by atomic mass is 35.5.